The number of halogens is 2. The first kappa shape index (κ1) is 14.7. The second kappa shape index (κ2) is 5.94. The Kier molecular flexibility index (Phi) is 3.79. The van der Waals surface area contributed by atoms with E-state index in [0.717, 1.165) is 43.3 Å². The van der Waals surface area contributed by atoms with Crippen molar-refractivity contribution in [2.75, 3.05) is 26.2 Å². The van der Waals surface area contributed by atoms with Crippen LogP contribution in [-0.2, 0) is 0 Å². The molecule has 0 spiro atoms. The van der Waals surface area contributed by atoms with Crippen molar-refractivity contribution in [3.63, 3.8) is 0 Å². The molecular weight excluding hydrogens is 361 g/mol. The zero-order chi connectivity index (χ0) is 15.8. The van der Waals surface area contributed by atoms with E-state index in [2.05, 4.69) is 26.1 Å². The van der Waals surface area contributed by atoms with E-state index in [-0.39, 0.29) is 5.82 Å². The van der Waals surface area contributed by atoms with E-state index in [1.807, 2.05) is 24.3 Å². The highest BCUT2D eigenvalue weighted by atomic mass is 79.9. The number of piperazine rings is 1. The van der Waals surface area contributed by atoms with E-state index in [0.29, 0.717) is 15.9 Å². The molecule has 0 radical (unpaired) electrons. The van der Waals surface area contributed by atoms with Crippen LogP contribution in [0.3, 0.4) is 0 Å². The number of aliphatic imine (C=N–C) groups is 1. The Balaban J connectivity index is 1.92. The van der Waals surface area contributed by atoms with Gasteiger partial charge >= 0.3 is 0 Å². The lowest BCUT2D eigenvalue weighted by molar-refractivity contribution is 0.357. The van der Waals surface area contributed by atoms with Gasteiger partial charge in [0, 0.05) is 26.2 Å². The molecule has 2 aliphatic rings. The van der Waals surface area contributed by atoms with Crippen molar-refractivity contribution in [2.24, 2.45) is 4.99 Å². The van der Waals surface area contributed by atoms with Crippen molar-refractivity contribution < 1.29 is 9.13 Å². The first-order valence-corrected chi connectivity index (χ1v) is 8.33. The van der Waals surface area contributed by atoms with Crippen molar-refractivity contribution in [1.82, 2.24) is 10.2 Å². The minimum atomic E-state index is -0.346. The molecular formula is C17H15BrFN3O. The minimum absolute atomic E-state index is 0.329. The third-order valence-corrected chi connectivity index (χ3v) is 4.77. The molecule has 2 aromatic rings. The summed E-state index contributed by atoms with van der Waals surface area (Å²) in [4.78, 5) is 6.98. The van der Waals surface area contributed by atoms with Crippen LogP contribution in [0.25, 0.3) is 0 Å². The molecule has 1 saturated heterocycles. The van der Waals surface area contributed by atoms with E-state index < -0.39 is 0 Å². The number of nitrogens with one attached hydrogen (secondary N) is 1. The van der Waals surface area contributed by atoms with Crippen LogP contribution in [0.4, 0.5) is 10.1 Å². The molecule has 1 N–H and O–H groups in total. The lowest BCUT2D eigenvalue weighted by Gasteiger charge is -2.30. The summed E-state index contributed by atoms with van der Waals surface area (Å²) in [5, 5.41) is 3.34. The topological polar surface area (TPSA) is 36.9 Å². The number of rotatable bonds is 0. The molecule has 2 heterocycles. The van der Waals surface area contributed by atoms with E-state index in [9.17, 15) is 4.39 Å². The number of ether oxygens (including phenoxy) is 1. The van der Waals surface area contributed by atoms with Crippen molar-refractivity contribution in [3.05, 3.63) is 52.3 Å². The maximum atomic E-state index is 13.9. The molecule has 2 aliphatic heterocycles. The molecule has 6 heteroatoms. The fourth-order valence-corrected chi connectivity index (χ4v) is 3.27. The summed E-state index contributed by atoms with van der Waals surface area (Å²) < 4.78 is 20.3. The highest BCUT2D eigenvalue weighted by molar-refractivity contribution is 9.10. The fraction of sp³-hybridized carbons (Fsp3) is 0.235. The Labute approximate surface area is 142 Å². The van der Waals surface area contributed by atoms with Gasteiger partial charge < -0.3 is 15.0 Å². The molecule has 0 saturated carbocycles. The van der Waals surface area contributed by atoms with Crippen LogP contribution in [0.2, 0.25) is 0 Å². The quantitative estimate of drug-likeness (QED) is 0.762. The van der Waals surface area contributed by atoms with Crippen LogP contribution in [0.1, 0.15) is 5.56 Å². The van der Waals surface area contributed by atoms with Gasteiger partial charge in [0.25, 0.3) is 0 Å². The van der Waals surface area contributed by atoms with Gasteiger partial charge in [-0.2, -0.15) is 0 Å². The molecule has 4 rings (SSSR count). The first-order chi connectivity index (χ1) is 11.2. The zero-order valence-corrected chi connectivity index (χ0v) is 13.9. The number of hydrogen-bond donors (Lipinski definition) is 1. The maximum Gasteiger partial charge on any atom is 0.154 e. The van der Waals surface area contributed by atoms with Crippen LogP contribution in [0.5, 0.6) is 11.5 Å². The lowest BCUT2D eigenvalue weighted by atomic mass is 10.1. The third-order valence-electron chi connectivity index (χ3n) is 4.01. The fourth-order valence-electron chi connectivity index (χ4n) is 2.85. The summed E-state index contributed by atoms with van der Waals surface area (Å²) in [5.41, 5.74) is 1.42. The van der Waals surface area contributed by atoms with Crippen molar-refractivity contribution in [1.29, 1.82) is 0 Å². The highest BCUT2D eigenvalue weighted by Crippen LogP contribution is 2.43. The average Bonchev–Trinajstić information content (AvgIpc) is 2.76. The standard InChI is InChI=1S/C17H15BrFN3O/c18-15-12(19)5-6-14-16(15)21-17(22-9-7-20-8-10-22)11-3-1-2-4-13(11)23-14/h1-6,20H,7-10H2. The third kappa shape index (κ3) is 2.62. The summed E-state index contributed by atoms with van der Waals surface area (Å²) in [6.45, 7) is 3.52. The molecule has 23 heavy (non-hydrogen) atoms. The largest absolute Gasteiger partial charge is 0.454 e. The van der Waals surface area contributed by atoms with E-state index >= 15 is 0 Å². The molecule has 4 nitrogen and oxygen atoms in total. The van der Waals surface area contributed by atoms with Gasteiger partial charge in [-0.25, -0.2) is 9.38 Å². The van der Waals surface area contributed by atoms with Crippen LogP contribution in [0, 0.1) is 5.82 Å². The Bertz CT molecular complexity index is 787. The Morgan fingerprint density at radius 3 is 2.70 bits per heavy atom. The van der Waals surface area contributed by atoms with Crippen molar-refractivity contribution in [3.8, 4) is 11.5 Å². The number of amidine groups is 1. The van der Waals surface area contributed by atoms with Gasteiger partial charge in [-0.3, -0.25) is 0 Å². The van der Waals surface area contributed by atoms with Crippen LogP contribution < -0.4 is 10.1 Å². The SMILES string of the molecule is Fc1ccc2c(c1Br)N=C(N1CCNCC1)c1ccccc1O2. The van der Waals surface area contributed by atoms with Gasteiger partial charge in [-0.15, -0.1) is 0 Å². The zero-order valence-electron chi connectivity index (χ0n) is 12.4. The summed E-state index contributed by atoms with van der Waals surface area (Å²) in [6, 6.07) is 10.8. The highest BCUT2D eigenvalue weighted by Gasteiger charge is 2.25. The second-order valence-electron chi connectivity index (χ2n) is 5.48. The van der Waals surface area contributed by atoms with Crippen LogP contribution >= 0.6 is 15.9 Å². The van der Waals surface area contributed by atoms with Gasteiger partial charge in [-0.05, 0) is 40.2 Å². The van der Waals surface area contributed by atoms with Gasteiger partial charge in [0.2, 0.25) is 0 Å². The maximum absolute atomic E-state index is 13.9. The average molecular weight is 376 g/mol. The van der Waals surface area contributed by atoms with Gasteiger partial charge in [0.15, 0.2) is 5.75 Å². The van der Waals surface area contributed by atoms with E-state index in [4.69, 9.17) is 9.73 Å². The molecule has 0 amide bonds. The number of fused-ring (bicyclic) bond motifs is 2. The molecule has 118 valence electrons. The van der Waals surface area contributed by atoms with E-state index in [1.165, 1.54) is 6.07 Å². The molecule has 0 atom stereocenters. The van der Waals surface area contributed by atoms with Crippen LogP contribution in [-0.4, -0.2) is 36.9 Å². The monoisotopic (exact) mass is 375 g/mol. The Morgan fingerprint density at radius 1 is 1.09 bits per heavy atom. The lowest BCUT2D eigenvalue weighted by Crippen LogP contribution is -2.46. The molecule has 0 unspecified atom stereocenters. The predicted molar refractivity (Wildman–Crippen MR) is 91.3 cm³/mol. The van der Waals surface area contributed by atoms with Crippen molar-refractivity contribution in [2.45, 2.75) is 0 Å². The smallest absolute Gasteiger partial charge is 0.154 e. The normalized spacial score (nSPS) is 16.8. The molecule has 2 aromatic carbocycles. The number of para-hydroxylation sites is 1. The number of hydrogen-bond acceptors (Lipinski definition) is 4. The molecule has 1 fully saturated rings. The van der Waals surface area contributed by atoms with Gasteiger partial charge in [0.05, 0.1) is 10.0 Å². The van der Waals surface area contributed by atoms with Crippen LogP contribution in [0.15, 0.2) is 45.9 Å². The Hall–Kier alpha value is -1.92. The van der Waals surface area contributed by atoms with Gasteiger partial charge in [0.1, 0.15) is 23.1 Å². The molecule has 0 bridgehead atoms. The van der Waals surface area contributed by atoms with Gasteiger partial charge in [-0.1, -0.05) is 12.1 Å². The summed E-state index contributed by atoms with van der Waals surface area (Å²) in [5.74, 6) is 1.77. The Morgan fingerprint density at radius 2 is 1.87 bits per heavy atom. The summed E-state index contributed by atoms with van der Waals surface area (Å²) >= 11 is 3.30. The summed E-state index contributed by atoms with van der Waals surface area (Å²) in [7, 11) is 0. The second-order valence-corrected chi connectivity index (χ2v) is 6.27. The molecule has 0 aliphatic carbocycles. The first-order valence-electron chi connectivity index (χ1n) is 7.53. The molecule has 0 aromatic heterocycles. The van der Waals surface area contributed by atoms with E-state index in [1.54, 1.807) is 6.07 Å². The van der Waals surface area contributed by atoms with Crippen molar-refractivity contribution >= 4 is 27.5 Å². The summed E-state index contributed by atoms with van der Waals surface area (Å²) in [6.07, 6.45) is 0. The predicted octanol–water partition coefficient (Wildman–Crippen LogP) is 3.68. The number of nitrogens with zero attached hydrogens (tertiary/aromatic N) is 2. The number of benzene rings is 2. The minimum Gasteiger partial charge on any atom is -0.454 e.